The number of carboxylic acid groups (broad SMARTS) is 1. The normalized spacial score (nSPS) is 14.7. The Morgan fingerprint density at radius 2 is 1.17 bits per heavy atom. The minimum Gasteiger partial charge on any atom is -0.481 e. The zero-order valence-electron chi connectivity index (χ0n) is 46.0. The van der Waals surface area contributed by atoms with Crippen molar-refractivity contribution in [3.63, 3.8) is 0 Å². The monoisotopic (exact) mass is 1090 g/mol. The molecule has 0 saturated carbocycles. The molecule has 78 heavy (non-hydrogen) atoms. The number of nitrogens with one attached hydrogen (secondary N) is 8. The van der Waals surface area contributed by atoms with E-state index in [1.165, 1.54) is 0 Å². The number of aldehydes is 1. The minimum absolute atomic E-state index is 0.0322. The third-order valence-electron chi connectivity index (χ3n) is 13.2. The number of hydrogen-bond donors (Lipinski definition) is 13. The van der Waals surface area contributed by atoms with Crippen molar-refractivity contribution in [1.29, 1.82) is 0 Å². The van der Waals surface area contributed by atoms with Gasteiger partial charge in [-0.15, -0.1) is 0 Å². The number of nitrogens with two attached hydrogens (primary N) is 4. The number of aliphatic carboxylic acids is 1. The standard InChI is InChI=1S/C55H85N13O10/c1-7-34(6)47(68-53(77)44(28-35-16-9-8-10-17-35)66-51(75)43(27-33(4)5)64-48(72)39(57)20-15-25-60-55(58)59)54(78)63-41(22-23-46(70)71)49(73)67-45(29-36-30-61-40-21-12-11-19-38(36)40)52(76)65-42(26-32(2)3)50(74)62-37(31-69)18-13-14-24-56/h8-12,16-17,19,21,30-34,37,39,41-45,47,61H,7,13-15,18,20,22-29,56-57H2,1-6H3,(H,62,74)(H,63,78)(H,64,72)(H,65,76)(H,66,75)(H,67,73)(H,68,77)(H,70,71)(H4,58,59,60)/t34-,37-,39-,41-,42-,43-,44-,45-,47-/m0/s1. The fraction of sp³-hybridized carbons (Fsp3) is 0.564. The maximum Gasteiger partial charge on any atom is 0.303 e. The molecule has 0 saturated heterocycles. The summed E-state index contributed by atoms with van der Waals surface area (Å²) in [6.07, 6.45) is 4.03. The lowest BCUT2D eigenvalue weighted by atomic mass is 9.96. The van der Waals surface area contributed by atoms with E-state index in [1.54, 1.807) is 56.4 Å². The summed E-state index contributed by atoms with van der Waals surface area (Å²) in [6, 6.07) is 6.43. The highest BCUT2D eigenvalue weighted by Gasteiger charge is 2.36. The molecule has 430 valence electrons. The van der Waals surface area contributed by atoms with Gasteiger partial charge in [0.25, 0.3) is 0 Å². The van der Waals surface area contributed by atoms with E-state index in [4.69, 9.17) is 22.9 Å². The van der Waals surface area contributed by atoms with Crippen molar-refractivity contribution in [2.24, 2.45) is 45.7 Å². The molecule has 3 rings (SSSR count). The van der Waals surface area contributed by atoms with Crippen LogP contribution in [0.25, 0.3) is 10.9 Å². The molecule has 0 aliphatic carbocycles. The molecule has 2 aromatic carbocycles. The average molecular weight is 1090 g/mol. The molecule has 23 nitrogen and oxygen atoms in total. The highest BCUT2D eigenvalue weighted by atomic mass is 16.4. The molecule has 23 heteroatoms. The predicted octanol–water partition coefficient (Wildman–Crippen LogP) is 1.06. The number of guanidine groups is 1. The molecule has 1 aromatic heterocycles. The Kier molecular flexibility index (Phi) is 28.0. The van der Waals surface area contributed by atoms with Gasteiger partial charge >= 0.3 is 5.97 Å². The number of carboxylic acids is 1. The van der Waals surface area contributed by atoms with Gasteiger partial charge in [-0.2, -0.15) is 0 Å². The first-order valence-electron chi connectivity index (χ1n) is 27.0. The Bertz CT molecular complexity index is 2460. The second-order valence-corrected chi connectivity index (χ2v) is 20.7. The van der Waals surface area contributed by atoms with Crippen LogP contribution in [-0.4, -0.2) is 131 Å². The van der Waals surface area contributed by atoms with E-state index in [9.17, 15) is 48.3 Å². The summed E-state index contributed by atoms with van der Waals surface area (Å²) in [6.45, 7) is 11.6. The number of unbranched alkanes of at least 4 members (excludes halogenated alkanes) is 1. The number of fused-ring (bicyclic) bond motifs is 1. The van der Waals surface area contributed by atoms with Crippen LogP contribution in [0.5, 0.6) is 0 Å². The van der Waals surface area contributed by atoms with Crippen LogP contribution in [0.3, 0.4) is 0 Å². The molecular formula is C55H85N13O10. The Hall–Kier alpha value is -7.40. The third-order valence-corrected chi connectivity index (χ3v) is 13.2. The number of aromatic amines is 1. The molecule has 0 aliphatic heterocycles. The molecule has 0 unspecified atom stereocenters. The first-order valence-corrected chi connectivity index (χ1v) is 27.0. The molecule has 0 fully saturated rings. The number of amides is 7. The van der Waals surface area contributed by atoms with Gasteiger partial charge in [-0.25, -0.2) is 0 Å². The van der Waals surface area contributed by atoms with Gasteiger partial charge in [0.05, 0.1) is 12.1 Å². The van der Waals surface area contributed by atoms with Crippen LogP contribution in [0.2, 0.25) is 0 Å². The summed E-state index contributed by atoms with van der Waals surface area (Å²) >= 11 is 0. The molecule has 0 radical (unpaired) electrons. The fourth-order valence-electron chi connectivity index (χ4n) is 8.66. The maximum atomic E-state index is 14.6. The Labute approximate surface area is 457 Å². The van der Waals surface area contributed by atoms with Crippen LogP contribution in [0.1, 0.15) is 117 Å². The molecule has 1 heterocycles. The van der Waals surface area contributed by atoms with Crippen molar-refractivity contribution >= 4 is 70.5 Å². The Morgan fingerprint density at radius 3 is 1.76 bits per heavy atom. The van der Waals surface area contributed by atoms with E-state index in [2.05, 4.69) is 47.2 Å². The van der Waals surface area contributed by atoms with Crippen molar-refractivity contribution < 1.29 is 48.3 Å². The SMILES string of the molecule is CC[C@H](C)[C@H](NC(=O)[C@H](Cc1ccccc1)NC(=O)[C@H](CC(C)C)NC(=O)[C@@H](N)CCCN=C(N)N)C(=O)N[C@@H](CCC(=O)O)C(=O)N[C@@H](Cc1c[nH]c2ccccc12)C(=O)N[C@@H](CC(C)C)C(=O)N[C@H](C=O)CCCCN. The Balaban J connectivity index is 1.97. The lowest BCUT2D eigenvalue weighted by Crippen LogP contribution is -2.61. The zero-order valence-corrected chi connectivity index (χ0v) is 46.0. The predicted molar refractivity (Wildman–Crippen MR) is 298 cm³/mol. The highest BCUT2D eigenvalue weighted by Crippen LogP contribution is 2.20. The van der Waals surface area contributed by atoms with Gasteiger partial charge in [-0.05, 0) is 92.9 Å². The average Bonchev–Trinajstić information content (AvgIpc) is 3.82. The number of carbonyl (C=O) groups excluding carboxylic acids is 8. The van der Waals surface area contributed by atoms with Crippen LogP contribution in [0.4, 0.5) is 0 Å². The summed E-state index contributed by atoms with van der Waals surface area (Å²) < 4.78 is 0. The first kappa shape index (κ1) is 64.9. The van der Waals surface area contributed by atoms with Gasteiger partial charge in [0, 0.05) is 42.9 Å². The largest absolute Gasteiger partial charge is 0.481 e. The van der Waals surface area contributed by atoms with E-state index >= 15 is 0 Å². The molecule has 0 aliphatic rings. The molecule has 9 atom stereocenters. The third kappa shape index (κ3) is 22.7. The summed E-state index contributed by atoms with van der Waals surface area (Å²) in [7, 11) is 0. The molecule has 3 aromatic rings. The molecule has 17 N–H and O–H groups in total. The maximum absolute atomic E-state index is 14.6. The topological polar surface area (TPSA) is 390 Å². The van der Waals surface area contributed by atoms with E-state index in [0.29, 0.717) is 56.1 Å². The van der Waals surface area contributed by atoms with Gasteiger partial charge < -0.3 is 75.0 Å². The first-order chi connectivity index (χ1) is 37.1. The lowest BCUT2D eigenvalue weighted by molar-refractivity contribution is -0.139. The summed E-state index contributed by atoms with van der Waals surface area (Å²) in [5.41, 5.74) is 24.6. The number of hydrogen-bond acceptors (Lipinski definition) is 12. The van der Waals surface area contributed by atoms with E-state index < -0.39 is 114 Å². The highest BCUT2D eigenvalue weighted by molar-refractivity contribution is 5.98. The van der Waals surface area contributed by atoms with Gasteiger partial charge in [0.15, 0.2) is 5.96 Å². The second-order valence-electron chi connectivity index (χ2n) is 20.7. The fourth-order valence-corrected chi connectivity index (χ4v) is 8.66. The van der Waals surface area contributed by atoms with Crippen LogP contribution in [0.15, 0.2) is 65.8 Å². The van der Waals surface area contributed by atoms with Crippen LogP contribution < -0.4 is 60.2 Å². The summed E-state index contributed by atoms with van der Waals surface area (Å²) in [5.74, 6) is -7.35. The lowest BCUT2D eigenvalue weighted by Gasteiger charge is -2.30. The molecule has 7 amide bonds. The summed E-state index contributed by atoms with van der Waals surface area (Å²) in [5, 5.41) is 29.7. The van der Waals surface area contributed by atoms with Crippen molar-refractivity contribution in [3.8, 4) is 0 Å². The van der Waals surface area contributed by atoms with Crippen LogP contribution >= 0.6 is 0 Å². The van der Waals surface area contributed by atoms with Gasteiger partial charge in [0.1, 0.15) is 42.5 Å². The number of nitrogens with zero attached hydrogens (tertiary/aromatic N) is 1. The quantitative estimate of drug-likeness (QED) is 0.0168. The van der Waals surface area contributed by atoms with Gasteiger partial charge in [0.2, 0.25) is 41.4 Å². The van der Waals surface area contributed by atoms with Crippen molar-refractivity contribution in [2.45, 2.75) is 167 Å². The van der Waals surface area contributed by atoms with Crippen molar-refractivity contribution in [2.75, 3.05) is 13.1 Å². The number of rotatable bonds is 36. The number of aromatic nitrogens is 1. The molecule has 0 spiro atoms. The van der Waals surface area contributed by atoms with E-state index in [-0.39, 0.29) is 56.4 Å². The number of benzene rings is 2. The second kappa shape index (κ2) is 33.7. The number of carbonyl (C=O) groups is 9. The van der Waals surface area contributed by atoms with Gasteiger partial charge in [-0.1, -0.05) is 96.5 Å². The van der Waals surface area contributed by atoms with E-state index in [1.807, 2.05) is 45.9 Å². The molecular weight excluding hydrogens is 1000 g/mol. The van der Waals surface area contributed by atoms with Gasteiger partial charge in [-0.3, -0.25) is 43.3 Å². The van der Waals surface area contributed by atoms with Crippen LogP contribution in [0, 0.1) is 17.8 Å². The number of aliphatic imine (C=N–C) groups is 1. The van der Waals surface area contributed by atoms with Crippen LogP contribution in [-0.2, 0) is 56.0 Å². The summed E-state index contributed by atoms with van der Waals surface area (Å²) in [4.78, 5) is 130. The van der Waals surface area contributed by atoms with Crippen molar-refractivity contribution in [3.05, 3.63) is 71.9 Å². The van der Waals surface area contributed by atoms with E-state index in [0.717, 1.165) is 10.9 Å². The molecule has 0 bridgehead atoms. The minimum atomic E-state index is -1.56. The van der Waals surface area contributed by atoms with Crippen molar-refractivity contribution in [1.82, 2.24) is 42.2 Å². The smallest absolute Gasteiger partial charge is 0.303 e. The number of para-hydroxylation sites is 1. The zero-order chi connectivity index (χ0) is 57.9. The number of H-pyrrole nitrogens is 1. The Morgan fingerprint density at radius 1 is 0.628 bits per heavy atom.